The Hall–Kier alpha value is -3.21. The second-order valence-corrected chi connectivity index (χ2v) is 10.5. The first-order chi connectivity index (χ1) is 17.9. The number of aromatic carboxylic acids is 1. The van der Waals surface area contributed by atoms with Crippen LogP contribution in [0.2, 0.25) is 0 Å². The lowest BCUT2D eigenvalue weighted by atomic mass is 9.97. The molecule has 1 aliphatic carbocycles. The average molecular weight is 541 g/mol. The lowest BCUT2D eigenvalue weighted by Gasteiger charge is -2.09. The van der Waals surface area contributed by atoms with Crippen molar-refractivity contribution < 1.29 is 18.5 Å². The van der Waals surface area contributed by atoms with Gasteiger partial charge in [-0.15, -0.1) is 11.3 Å². The highest BCUT2D eigenvalue weighted by molar-refractivity contribution is 7.82. The summed E-state index contributed by atoms with van der Waals surface area (Å²) in [6.07, 6.45) is 4.74. The first-order valence-corrected chi connectivity index (χ1v) is 14.3. The summed E-state index contributed by atoms with van der Waals surface area (Å²) in [6, 6.07) is 13.5. The molecule has 2 aromatic carbocycles. The molecule has 2 aromatic heterocycles. The number of rotatable bonds is 9. The molecule has 2 heterocycles. The minimum Gasteiger partial charge on any atom is -0.476 e. The molecule has 1 aliphatic rings. The van der Waals surface area contributed by atoms with Gasteiger partial charge in [-0.05, 0) is 60.7 Å². The number of carbonyl (C=O) groups is 1. The molecule has 4 aromatic rings. The molecule has 3 N–H and O–H groups in total. The number of nitrogens with zero attached hydrogens (tertiary/aromatic N) is 3. The normalized spacial score (nSPS) is 13.6. The van der Waals surface area contributed by atoms with Crippen molar-refractivity contribution in [3.8, 4) is 16.4 Å². The molecule has 5 rings (SSSR count). The van der Waals surface area contributed by atoms with Crippen molar-refractivity contribution >= 4 is 28.3 Å². The third kappa shape index (κ3) is 6.38. The molecule has 0 bridgehead atoms. The summed E-state index contributed by atoms with van der Waals surface area (Å²) in [7, 11) is -1.56. The first kappa shape index (κ1) is 26.8. The topological polar surface area (TPSA) is 111 Å². The van der Waals surface area contributed by atoms with Crippen LogP contribution < -0.4 is 5.14 Å². The summed E-state index contributed by atoms with van der Waals surface area (Å²) < 4.78 is 27.0. The number of thiazole rings is 1. The number of carboxylic acid groups (broad SMARTS) is 1. The Kier molecular flexibility index (Phi) is 8.63. The average Bonchev–Trinajstić information content (AvgIpc) is 3.47. The fourth-order valence-corrected chi connectivity index (χ4v) is 5.26. The third-order valence-electron chi connectivity index (χ3n) is 6.12. The molecule has 1 fully saturated rings. The summed E-state index contributed by atoms with van der Waals surface area (Å²) >= 11 is 1.23. The fraction of sp³-hybridized carbons (Fsp3) is 0.296. The number of nitrogens with two attached hydrogens (primary N) is 1. The van der Waals surface area contributed by atoms with E-state index in [-0.39, 0.29) is 11.5 Å². The van der Waals surface area contributed by atoms with Gasteiger partial charge in [-0.3, -0.25) is 0 Å². The third-order valence-corrected chi connectivity index (χ3v) is 7.68. The quantitative estimate of drug-likeness (QED) is 0.280. The van der Waals surface area contributed by atoms with Gasteiger partial charge in [-0.2, -0.15) is 5.10 Å². The monoisotopic (exact) mass is 540 g/mol. The molecule has 0 aliphatic heterocycles. The van der Waals surface area contributed by atoms with Crippen LogP contribution in [0.1, 0.15) is 60.4 Å². The van der Waals surface area contributed by atoms with E-state index in [2.05, 4.69) is 4.98 Å². The smallest absolute Gasteiger partial charge is 0.355 e. The molecule has 7 nitrogen and oxygen atoms in total. The Morgan fingerprint density at radius 3 is 2.41 bits per heavy atom. The molecule has 37 heavy (non-hydrogen) atoms. The number of carboxylic acids is 1. The molecule has 0 amide bonds. The zero-order valence-electron chi connectivity index (χ0n) is 20.7. The van der Waals surface area contributed by atoms with E-state index in [1.165, 1.54) is 41.7 Å². The van der Waals surface area contributed by atoms with Gasteiger partial charge >= 0.3 is 5.97 Å². The Labute approximate surface area is 221 Å². The van der Waals surface area contributed by atoms with Gasteiger partial charge in [0.15, 0.2) is 5.69 Å². The lowest BCUT2D eigenvalue weighted by molar-refractivity contribution is 0.0691. The van der Waals surface area contributed by atoms with Crippen LogP contribution in [0.4, 0.5) is 4.39 Å². The zero-order valence-corrected chi connectivity index (χ0v) is 22.3. The van der Waals surface area contributed by atoms with Crippen molar-refractivity contribution in [1.29, 1.82) is 0 Å². The molecule has 0 saturated heterocycles. The molecule has 0 spiro atoms. The van der Waals surface area contributed by atoms with E-state index in [4.69, 9.17) is 10.2 Å². The summed E-state index contributed by atoms with van der Waals surface area (Å²) in [5, 5.41) is 21.7. The van der Waals surface area contributed by atoms with E-state index in [0.717, 1.165) is 35.2 Å². The van der Waals surface area contributed by atoms with Gasteiger partial charge in [0.2, 0.25) is 5.13 Å². The zero-order chi connectivity index (χ0) is 26.5. The number of hydrogen-bond acceptors (Lipinski definition) is 5. The van der Waals surface area contributed by atoms with Crippen molar-refractivity contribution in [1.82, 2.24) is 14.8 Å². The summed E-state index contributed by atoms with van der Waals surface area (Å²) in [6.45, 7) is 4.00. The van der Waals surface area contributed by atoms with Gasteiger partial charge in [0.1, 0.15) is 16.8 Å². The van der Waals surface area contributed by atoms with Crippen molar-refractivity contribution in [2.75, 3.05) is 0 Å². The molecule has 10 heteroatoms. The molecular weight excluding hydrogens is 511 g/mol. The van der Waals surface area contributed by atoms with E-state index >= 15 is 0 Å². The van der Waals surface area contributed by atoms with Crippen LogP contribution >= 0.6 is 11.3 Å². The maximum atomic E-state index is 13.7. The van der Waals surface area contributed by atoms with Crippen molar-refractivity contribution in [3.05, 3.63) is 82.2 Å². The van der Waals surface area contributed by atoms with Gasteiger partial charge in [0.25, 0.3) is 0 Å². The Balaban J connectivity index is 0.00000156. The van der Waals surface area contributed by atoms with E-state index < -0.39 is 17.0 Å². The summed E-state index contributed by atoms with van der Waals surface area (Å²) in [5.74, 6) is -0.735. The van der Waals surface area contributed by atoms with Crippen LogP contribution in [0.3, 0.4) is 0 Å². The minimum absolute atomic E-state index is 0.0242. The highest BCUT2D eigenvalue weighted by atomic mass is 32.2. The summed E-state index contributed by atoms with van der Waals surface area (Å²) in [4.78, 5) is 16.3. The Bertz CT molecular complexity index is 1390. The minimum atomic E-state index is -1.56. The number of halogens is 1. The van der Waals surface area contributed by atoms with Gasteiger partial charge < -0.3 is 5.11 Å². The van der Waals surface area contributed by atoms with Crippen LogP contribution in [-0.2, 0) is 23.8 Å². The van der Waals surface area contributed by atoms with Crippen LogP contribution in [0.25, 0.3) is 16.4 Å². The summed E-state index contributed by atoms with van der Waals surface area (Å²) in [5.41, 5.74) is 4.38. The highest BCUT2D eigenvalue weighted by Gasteiger charge is 2.26. The van der Waals surface area contributed by atoms with Crippen LogP contribution in [0, 0.1) is 11.7 Å². The van der Waals surface area contributed by atoms with Gasteiger partial charge in [-0.25, -0.2) is 28.2 Å². The standard InChI is InChI=1S/C25H23FN4O3S2.C2H6/c26-18-8-6-17(7-9-18)23-20(13-16-3-10-19(11-4-16)35(27)33)22(12-5-15-1-2-15)30(29-23)25-28-21(14-34-25)24(31)32;1-2/h3-4,6-11,14-15H,1-2,5,12-13,27H2,(H,31,32);1-2H3. The molecular formula is C27H29FN4O3S2. The van der Waals surface area contributed by atoms with E-state index in [0.29, 0.717) is 28.1 Å². The van der Waals surface area contributed by atoms with Crippen molar-refractivity contribution in [2.24, 2.45) is 11.1 Å². The number of benzene rings is 2. The van der Waals surface area contributed by atoms with E-state index in [1.807, 2.05) is 26.0 Å². The van der Waals surface area contributed by atoms with Crippen LogP contribution in [0.15, 0.2) is 58.8 Å². The second-order valence-electron chi connectivity index (χ2n) is 8.61. The number of hydrogen-bond donors (Lipinski definition) is 2. The van der Waals surface area contributed by atoms with Gasteiger partial charge in [-0.1, -0.05) is 38.8 Å². The van der Waals surface area contributed by atoms with E-state index in [1.54, 1.807) is 28.9 Å². The lowest BCUT2D eigenvalue weighted by Crippen LogP contribution is -2.06. The maximum absolute atomic E-state index is 13.7. The predicted molar refractivity (Wildman–Crippen MR) is 144 cm³/mol. The van der Waals surface area contributed by atoms with Gasteiger partial charge in [0.05, 0.1) is 16.3 Å². The fourth-order valence-electron chi connectivity index (χ4n) is 4.08. The molecule has 0 radical (unpaired) electrons. The Morgan fingerprint density at radius 2 is 1.84 bits per heavy atom. The molecule has 1 saturated carbocycles. The predicted octanol–water partition coefficient (Wildman–Crippen LogP) is 5.77. The van der Waals surface area contributed by atoms with Gasteiger partial charge in [0, 0.05) is 22.9 Å². The van der Waals surface area contributed by atoms with Crippen LogP contribution in [0.5, 0.6) is 0 Å². The van der Waals surface area contributed by atoms with Crippen molar-refractivity contribution in [2.45, 2.75) is 50.8 Å². The second kappa shape index (κ2) is 11.9. The maximum Gasteiger partial charge on any atom is 0.355 e. The highest BCUT2D eigenvalue weighted by Crippen LogP contribution is 2.37. The molecule has 1 unspecified atom stereocenters. The Morgan fingerprint density at radius 1 is 1.16 bits per heavy atom. The largest absolute Gasteiger partial charge is 0.476 e. The van der Waals surface area contributed by atoms with E-state index in [9.17, 15) is 18.5 Å². The molecule has 1 atom stereocenters. The molecule has 194 valence electrons. The SMILES string of the molecule is CC.NS(=O)c1ccc(Cc2c(-c3ccc(F)cc3)nn(-c3nc(C(=O)O)cs3)c2CCC2CC2)cc1. The first-order valence-electron chi connectivity index (χ1n) is 12.2. The van der Waals surface area contributed by atoms with Crippen LogP contribution in [-0.4, -0.2) is 30.0 Å². The number of aromatic nitrogens is 3. The van der Waals surface area contributed by atoms with Crippen molar-refractivity contribution in [3.63, 3.8) is 0 Å².